The zero-order chi connectivity index (χ0) is 14.0. The van der Waals surface area contributed by atoms with Crippen molar-refractivity contribution in [3.05, 3.63) is 50.0 Å². The molecular formula is C12H7Br2ClN2O2. The van der Waals surface area contributed by atoms with E-state index in [0.29, 0.717) is 5.82 Å². The summed E-state index contributed by atoms with van der Waals surface area (Å²) < 4.78 is 1.64. The molecule has 0 aliphatic rings. The first-order valence-corrected chi connectivity index (χ1v) is 7.05. The Morgan fingerprint density at radius 2 is 1.89 bits per heavy atom. The number of aromatic nitrogens is 1. The van der Waals surface area contributed by atoms with Gasteiger partial charge in [0.15, 0.2) is 0 Å². The number of halogens is 3. The zero-order valence-corrected chi connectivity index (χ0v) is 13.3. The highest BCUT2D eigenvalue weighted by molar-refractivity contribution is 9.11. The summed E-state index contributed by atoms with van der Waals surface area (Å²) in [4.78, 5) is 15.0. The van der Waals surface area contributed by atoms with E-state index in [9.17, 15) is 4.79 Å². The molecule has 0 atom stereocenters. The van der Waals surface area contributed by atoms with Gasteiger partial charge in [-0.2, -0.15) is 0 Å². The van der Waals surface area contributed by atoms with Crippen LogP contribution in [0.3, 0.4) is 0 Å². The highest BCUT2D eigenvalue weighted by atomic mass is 79.9. The molecule has 1 aromatic heterocycles. The van der Waals surface area contributed by atoms with Gasteiger partial charge in [0.05, 0.1) is 11.3 Å². The van der Waals surface area contributed by atoms with Crippen LogP contribution in [0, 0.1) is 0 Å². The first-order chi connectivity index (χ1) is 8.97. The number of pyridine rings is 1. The summed E-state index contributed by atoms with van der Waals surface area (Å²) >= 11 is 12.6. The third kappa shape index (κ3) is 3.46. The van der Waals surface area contributed by atoms with Crippen LogP contribution in [0.25, 0.3) is 0 Å². The minimum Gasteiger partial charge on any atom is -0.478 e. The molecule has 0 aliphatic carbocycles. The van der Waals surface area contributed by atoms with E-state index in [1.165, 1.54) is 12.1 Å². The molecule has 19 heavy (non-hydrogen) atoms. The van der Waals surface area contributed by atoms with E-state index >= 15 is 0 Å². The van der Waals surface area contributed by atoms with Gasteiger partial charge in [0.2, 0.25) is 0 Å². The predicted octanol–water partition coefficient (Wildman–Crippen LogP) is 4.70. The number of para-hydroxylation sites is 1. The van der Waals surface area contributed by atoms with Crippen molar-refractivity contribution < 1.29 is 9.90 Å². The number of carbonyl (C=O) groups is 1. The van der Waals surface area contributed by atoms with Crippen molar-refractivity contribution in [3.63, 3.8) is 0 Å². The molecule has 2 rings (SSSR count). The summed E-state index contributed by atoms with van der Waals surface area (Å²) in [6.45, 7) is 0. The fraction of sp³-hybridized carbons (Fsp3) is 0. The molecule has 0 saturated carbocycles. The van der Waals surface area contributed by atoms with Crippen LogP contribution in [0.1, 0.15) is 10.4 Å². The second-order valence-corrected chi connectivity index (χ2v) is 5.69. The first-order valence-electron chi connectivity index (χ1n) is 5.09. The lowest BCUT2D eigenvalue weighted by molar-refractivity contribution is 0.0697. The highest BCUT2D eigenvalue weighted by Crippen LogP contribution is 2.33. The topological polar surface area (TPSA) is 62.2 Å². The Morgan fingerprint density at radius 3 is 2.47 bits per heavy atom. The van der Waals surface area contributed by atoms with E-state index in [0.717, 1.165) is 14.6 Å². The highest BCUT2D eigenvalue weighted by Gasteiger charge is 2.10. The van der Waals surface area contributed by atoms with Gasteiger partial charge >= 0.3 is 5.97 Å². The number of carboxylic acids is 1. The SMILES string of the molecule is O=C(O)c1cc(Cl)nc(Nc2c(Br)cccc2Br)c1. The quantitative estimate of drug-likeness (QED) is 0.726. The van der Waals surface area contributed by atoms with Gasteiger partial charge in [0, 0.05) is 8.95 Å². The Hall–Kier alpha value is -1.11. The van der Waals surface area contributed by atoms with Crippen molar-refractivity contribution in [1.29, 1.82) is 0 Å². The van der Waals surface area contributed by atoms with Gasteiger partial charge in [-0.25, -0.2) is 9.78 Å². The average Bonchev–Trinajstić information content (AvgIpc) is 2.33. The maximum absolute atomic E-state index is 11.0. The summed E-state index contributed by atoms with van der Waals surface area (Å²) in [6.07, 6.45) is 0. The summed E-state index contributed by atoms with van der Waals surface area (Å²) in [7, 11) is 0. The molecule has 1 aromatic carbocycles. The molecule has 2 aromatic rings. The second kappa shape index (κ2) is 5.90. The van der Waals surface area contributed by atoms with Gasteiger partial charge in [-0.3, -0.25) is 0 Å². The van der Waals surface area contributed by atoms with Crippen molar-refractivity contribution in [3.8, 4) is 0 Å². The van der Waals surface area contributed by atoms with Crippen molar-refractivity contribution in [2.45, 2.75) is 0 Å². The van der Waals surface area contributed by atoms with Crippen molar-refractivity contribution in [1.82, 2.24) is 4.98 Å². The number of aromatic carboxylic acids is 1. The van der Waals surface area contributed by atoms with Crippen LogP contribution < -0.4 is 5.32 Å². The minimum atomic E-state index is -1.06. The number of nitrogens with one attached hydrogen (secondary N) is 1. The number of nitrogens with zero attached hydrogens (tertiary/aromatic N) is 1. The molecule has 0 amide bonds. The van der Waals surface area contributed by atoms with E-state index < -0.39 is 5.97 Å². The van der Waals surface area contributed by atoms with Crippen molar-refractivity contribution in [2.24, 2.45) is 0 Å². The lowest BCUT2D eigenvalue weighted by Crippen LogP contribution is -2.01. The predicted molar refractivity (Wildman–Crippen MR) is 81.3 cm³/mol. The molecular weight excluding hydrogens is 399 g/mol. The largest absolute Gasteiger partial charge is 0.478 e. The second-order valence-electron chi connectivity index (χ2n) is 3.59. The van der Waals surface area contributed by atoms with Crippen LogP contribution in [-0.2, 0) is 0 Å². The fourth-order valence-electron chi connectivity index (χ4n) is 1.43. The van der Waals surface area contributed by atoms with Crippen LogP contribution in [0.4, 0.5) is 11.5 Å². The third-order valence-corrected chi connectivity index (χ3v) is 3.77. The van der Waals surface area contributed by atoms with Gasteiger partial charge in [-0.05, 0) is 56.1 Å². The number of rotatable bonds is 3. The lowest BCUT2D eigenvalue weighted by atomic mass is 10.2. The Balaban J connectivity index is 2.41. The van der Waals surface area contributed by atoms with E-state index in [1.54, 1.807) is 0 Å². The number of benzene rings is 1. The molecule has 0 radical (unpaired) electrons. The molecule has 7 heteroatoms. The molecule has 2 N–H and O–H groups in total. The van der Waals surface area contributed by atoms with E-state index in [2.05, 4.69) is 42.2 Å². The van der Waals surface area contributed by atoms with Crippen LogP contribution in [0.2, 0.25) is 5.15 Å². The van der Waals surface area contributed by atoms with Gasteiger partial charge in [-0.1, -0.05) is 17.7 Å². The van der Waals surface area contributed by atoms with Crippen molar-refractivity contribution >= 4 is 60.9 Å². The number of hydrogen-bond donors (Lipinski definition) is 2. The van der Waals surface area contributed by atoms with Gasteiger partial charge in [0.1, 0.15) is 11.0 Å². The summed E-state index contributed by atoms with van der Waals surface area (Å²) in [5.74, 6) is -0.698. The standard InChI is InChI=1S/C12H7Br2ClN2O2/c13-7-2-1-3-8(14)11(7)17-10-5-6(12(18)19)4-9(15)16-10/h1-5H,(H,16,17)(H,18,19). The number of hydrogen-bond acceptors (Lipinski definition) is 3. The lowest BCUT2D eigenvalue weighted by Gasteiger charge is -2.10. The fourth-order valence-corrected chi connectivity index (χ4v) is 2.83. The van der Waals surface area contributed by atoms with E-state index in [4.69, 9.17) is 16.7 Å². The third-order valence-electron chi connectivity index (χ3n) is 2.26. The Morgan fingerprint density at radius 1 is 1.26 bits per heavy atom. The molecule has 0 saturated heterocycles. The molecule has 0 unspecified atom stereocenters. The monoisotopic (exact) mass is 404 g/mol. The van der Waals surface area contributed by atoms with Gasteiger partial charge < -0.3 is 10.4 Å². The Kier molecular flexibility index (Phi) is 4.44. The molecule has 98 valence electrons. The normalized spacial score (nSPS) is 10.3. The molecule has 0 aliphatic heterocycles. The maximum atomic E-state index is 11.0. The summed E-state index contributed by atoms with van der Waals surface area (Å²) in [5, 5.41) is 12.1. The Labute approximate surface area is 131 Å². The number of carboxylic acid groups (broad SMARTS) is 1. The first kappa shape index (κ1) is 14.3. The zero-order valence-electron chi connectivity index (χ0n) is 9.32. The summed E-state index contributed by atoms with van der Waals surface area (Å²) in [6, 6.07) is 8.29. The molecule has 1 heterocycles. The minimum absolute atomic E-state index is 0.0747. The van der Waals surface area contributed by atoms with Crippen LogP contribution in [0.15, 0.2) is 39.3 Å². The average molecular weight is 406 g/mol. The molecule has 0 spiro atoms. The molecule has 0 fully saturated rings. The molecule has 4 nitrogen and oxygen atoms in total. The Bertz CT molecular complexity index is 629. The smallest absolute Gasteiger partial charge is 0.335 e. The molecule has 0 bridgehead atoms. The summed E-state index contributed by atoms with van der Waals surface area (Å²) in [5.41, 5.74) is 0.819. The number of anilines is 2. The van der Waals surface area contributed by atoms with Crippen LogP contribution in [-0.4, -0.2) is 16.1 Å². The van der Waals surface area contributed by atoms with E-state index in [1.807, 2.05) is 18.2 Å². The van der Waals surface area contributed by atoms with E-state index in [-0.39, 0.29) is 10.7 Å². The van der Waals surface area contributed by atoms with Crippen molar-refractivity contribution in [2.75, 3.05) is 5.32 Å². The van der Waals surface area contributed by atoms with Gasteiger partial charge in [-0.15, -0.1) is 0 Å². The van der Waals surface area contributed by atoms with Crippen LogP contribution in [0.5, 0.6) is 0 Å². The van der Waals surface area contributed by atoms with Gasteiger partial charge in [0.25, 0.3) is 0 Å². The maximum Gasteiger partial charge on any atom is 0.335 e. The van der Waals surface area contributed by atoms with Crippen LogP contribution >= 0.6 is 43.5 Å².